The maximum Gasteiger partial charge on any atom is 0.141 e. The van der Waals surface area contributed by atoms with Crippen LogP contribution in [0.1, 0.15) is 17.4 Å². The summed E-state index contributed by atoms with van der Waals surface area (Å²) in [6, 6.07) is 4.68. The summed E-state index contributed by atoms with van der Waals surface area (Å²) in [4.78, 5) is 6.37. The molecule has 0 bridgehead atoms. The highest BCUT2D eigenvalue weighted by atomic mass is 35.5. The Balaban J connectivity index is 2.18. The van der Waals surface area contributed by atoms with Gasteiger partial charge >= 0.3 is 0 Å². The summed E-state index contributed by atoms with van der Waals surface area (Å²) in [5, 5.41) is 0.117. The fourth-order valence-electron chi connectivity index (χ4n) is 2.17. The van der Waals surface area contributed by atoms with Gasteiger partial charge in [0.05, 0.1) is 11.6 Å². The third-order valence-corrected chi connectivity index (χ3v) is 3.69. The standard InChI is InChI=1S/C14H18ClFN4/c1-19-6-5-18-14(19)9-20(2)13(8-17)10-3-4-12(16)11(15)7-10/h3-7,13H,8-9,17H2,1-2H3. The molecule has 108 valence electrons. The lowest BCUT2D eigenvalue weighted by molar-refractivity contribution is 0.233. The first kappa shape index (κ1) is 15.0. The molecule has 4 nitrogen and oxygen atoms in total. The lowest BCUT2D eigenvalue weighted by atomic mass is 10.1. The Morgan fingerprint density at radius 3 is 2.80 bits per heavy atom. The van der Waals surface area contributed by atoms with Gasteiger partial charge in [0.15, 0.2) is 0 Å². The van der Waals surface area contributed by atoms with Gasteiger partial charge < -0.3 is 10.3 Å². The van der Waals surface area contributed by atoms with Crippen LogP contribution in [0.4, 0.5) is 4.39 Å². The van der Waals surface area contributed by atoms with Crippen LogP contribution in [0.3, 0.4) is 0 Å². The first-order valence-corrected chi connectivity index (χ1v) is 6.72. The highest BCUT2D eigenvalue weighted by molar-refractivity contribution is 6.30. The van der Waals surface area contributed by atoms with Gasteiger partial charge in [0.25, 0.3) is 0 Å². The second-order valence-corrected chi connectivity index (χ2v) is 5.20. The molecule has 1 aromatic carbocycles. The molecule has 1 heterocycles. The van der Waals surface area contributed by atoms with Crippen molar-refractivity contribution in [3.8, 4) is 0 Å². The molecule has 0 saturated heterocycles. The summed E-state index contributed by atoms with van der Waals surface area (Å²) < 4.78 is 15.2. The van der Waals surface area contributed by atoms with E-state index in [0.29, 0.717) is 13.1 Å². The third-order valence-electron chi connectivity index (χ3n) is 3.40. The number of rotatable bonds is 5. The topological polar surface area (TPSA) is 47.1 Å². The molecular formula is C14H18ClFN4. The lowest BCUT2D eigenvalue weighted by Crippen LogP contribution is -2.31. The number of benzene rings is 1. The van der Waals surface area contributed by atoms with Crippen molar-refractivity contribution in [2.45, 2.75) is 12.6 Å². The molecule has 0 saturated carbocycles. The summed E-state index contributed by atoms with van der Waals surface area (Å²) in [5.74, 6) is 0.525. The van der Waals surface area contributed by atoms with Crippen LogP contribution in [-0.4, -0.2) is 28.0 Å². The zero-order valence-corrected chi connectivity index (χ0v) is 12.3. The molecule has 0 aliphatic heterocycles. The summed E-state index contributed by atoms with van der Waals surface area (Å²) in [6.07, 6.45) is 3.66. The van der Waals surface area contributed by atoms with Crippen LogP contribution in [0.15, 0.2) is 30.6 Å². The van der Waals surface area contributed by atoms with Gasteiger partial charge in [-0.15, -0.1) is 0 Å². The van der Waals surface area contributed by atoms with E-state index in [-0.39, 0.29) is 11.1 Å². The van der Waals surface area contributed by atoms with Crippen molar-refractivity contribution in [3.05, 3.63) is 52.8 Å². The van der Waals surface area contributed by atoms with Gasteiger partial charge in [-0.1, -0.05) is 17.7 Å². The second kappa shape index (κ2) is 6.35. The fraction of sp³-hybridized carbons (Fsp3) is 0.357. The number of aryl methyl sites for hydroxylation is 1. The van der Waals surface area contributed by atoms with E-state index in [1.54, 1.807) is 18.3 Å². The zero-order valence-electron chi connectivity index (χ0n) is 11.6. The van der Waals surface area contributed by atoms with Crippen molar-refractivity contribution >= 4 is 11.6 Å². The van der Waals surface area contributed by atoms with Crippen LogP contribution in [0.5, 0.6) is 0 Å². The zero-order chi connectivity index (χ0) is 14.7. The van der Waals surface area contributed by atoms with Crippen molar-refractivity contribution in [1.29, 1.82) is 0 Å². The smallest absolute Gasteiger partial charge is 0.141 e. The molecule has 1 unspecified atom stereocenters. The summed E-state index contributed by atoms with van der Waals surface area (Å²) >= 11 is 5.84. The molecule has 0 aliphatic rings. The number of imidazole rings is 1. The minimum absolute atomic E-state index is 0.0372. The maximum atomic E-state index is 13.2. The van der Waals surface area contributed by atoms with Gasteiger partial charge in [-0.25, -0.2) is 9.37 Å². The van der Waals surface area contributed by atoms with Crippen molar-refractivity contribution in [3.63, 3.8) is 0 Å². The van der Waals surface area contributed by atoms with Crippen LogP contribution < -0.4 is 5.73 Å². The van der Waals surface area contributed by atoms with E-state index < -0.39 is 5.82 Å². The number of aromatic nitrogens is 2. The monoisotopic (exact) mass is 296 g/mol. The lowest BCUT2D eigenvalue weighted by Gasteiger charge is -2.27. The highest BCUT2D eigenvalue weighted by Gasteiger charge is 2.18. The van der Waals surface area contributed by atoms with E-state index in [1.165, 1.54) is 6.07 Å². The molecule has 2 N–H and O–H groups in total. The van der Waals surface area contributed by atoms with E-state index >= 15 is 0 Å². The van der Waals surface area contributed by atoms with Gasteiger partial charge in [-0.3, -0.25) is 4.90 Å². The number of nitrogens with two attached hydrogens (primary N) is 1. The third kappa shape index (κ3) is 3.17. The molecule has 1 aromatic heterocycles. The summed E-state index contributed by atoms with van der Waals surface area (Å²) in [6.45, 7) is 1.07. The van der Waals surface area contributed by atoms with Crippen LogP contribution in [0.25, 0.3) is 0 Å². The van der Waals surface area contributed by atoms with E-state index in [0.717, 1.165) is 11.4 Å². The van der Waals surface area contributed by atoms with Gasteiger partial charge in [-0.05, 0) is 24.7 Å². The van der Waals surface area contributed by atoms with Crippen molar-refractivity contribution in [1.82, 2.24) is 14.5 Å². The van der Waals surface area contributed by atoms with Gasteiger partial charge in [0, 0.05) is 32.0 Å². The van der Waals surface area contributed by atoms with Crippen LogP contribution in [0.2, 0.25) is 5.02 Å². The van der Waals surface area contributed by atoms with Crippen LogP contribution in [0, 0.1) is 5.82 Å². The van der Waals surface area contributed by atoms with Crippen LogP contribution >= 0.6 is 11.6 Å². The molecule has 0 amide bonds. The maximum absolute atomic E-state index is 13.2. The van der Waals surface area contributed by atoms with Crippen LogP contribution in [-0.2, 0) is 13.6 Å². The Morgan fingerprint density at radius 2 is 2.25 bits per heavy atom. The molecule has 0 aliphatic carbocycles. The number of likely N-dealkylation sites (N-methyl/N-ethyl adjacent to an activating group) is 1. The molecule has 20 heavy (non-hydrogen) atoms. The molecule has 1 atom stereocenters. The first-order chi connectivity index (χ1) is 9.52. The Bertz CT molecular complexity index is 584. The van der Waals surface area contributed by atoms with Gasteiger partial charge in [-0.2, -0.15) is 0 Å². The predicted molar refractivity (Wildman–Crippen MR) is 77.9 cm³/mol. The normalized spacial score (nSPS) is 12.9. The Hall–Kier alpha value is -1.43. The average molecular weight is 297 g/mol. The molecule has 2 rings (SSSR count). The van der Waals surface area contributed by atoms with E-state index in [4.69, 9.17) is 17.3 Å². The van der Waals surface area contributed by atoms with Crippen molar-refractivity contribution in [2.75, 3.05) is 13.6 Å². The number of halogens is 2. The largest absolute Gasteiger partial charge is 0.337 e. The second-order valence-electron chi connectivity index (χ2n) is 4.79. The summed E-state index contributed by atoms with van der Waals surface area (Å²) in [5.41, 5.74) is 6.75. The summed E-state index contributed by atoms with van der Waals surface area (Å²) in [7, 11) is 3.91. The van der Waals surface area contributed by atoms with Crippen molar-refractivity contribution in [2.24, 2.45) is 12.8 Å². The minimum atomic E-state index is -0.419. The average Bonchev–Trinajstić information content (AvgIpc) is 2.80. The number of nitrogens with zero attached hydrogens (tertiary/aromatic N) is 3. The molecule has 0 spiro atoms. The highest BCUT2D eigenvalue weighted by Crippen LogP contribution is 2.24. The van der Waals surface area contributed by atoms with E-state index in [1.807, 2.05) is 24.9 Å². The minimum Gasteiger partial charge on any atom is -0.337 e. The van der Waals surface area contributed by atoms with Gasteiger partial charge in [0.1, 0.15) is 11.6 Å². The molecule has 0 radical (unpaired) electrons. The number of hydrogen-bond acceptors (Lipinski definition) is 3. The predicted octanol–water partition coefficient (Wildman–Crippen LogP) is 2.34. The fourth-order valence-corrected chi connectivity index (χ4v) is 2.36. The molecular weight excluding hydrogens is 279 g/mol. The SMILES string of the molecule is CN(Cc1nccn1C)C(CN)c1ccc(F)c(Cl)c1. The Kier molecular flexibility index (Phi) is 4.75. The number of hydrogen-bond donors (Lipinski definition) is 1. The van der Waals surface area contributed by atoms with E-state index in [2.05, 4.69) is 9.88 Å². The van der Waals surface area contributed by atoms with E-state index in [9.17, 15) is 4.39 Å². The molecule has 2 aromatic rings. The van der Waals surface area contributed by atoms with Gasteiger partial charge in [0.2, 0.25) is 0 Å². The molecule has 0 fully saturated rings. The Labute approximate surface area is 123 Å². The quantitative estimate of drug-likeness (QED) is 0.921. The first-order valence-electron chi connectivity index (χ1n) is 6.34. The Morgan fingerprint density at radius 1 is 1.50 bits per heavy atom. The molecule has 6 heteroatoms. The van der Waals surface area contributed by atoms with Crippen molar-refractivity contribution < 1.29 is 4.39 Å².